The third-order valence-electron chi connectivity index (χ3n) is 3.84. The summed E-state index contributed by atoms with van der Waals surface area (Å²) in [4.78, 5) is 0. The van der Waals surface area contributed by atoms with Crippen LogP contribution in [0.25, 0.3) is 0 Å². The van der Waals surface area contributed by atoms with Crippen LogP contribution in [0.3, 0.4) is 0 Å². The number of aromatic hydroxyl groups is 2. The highest BCUT2D eigenvalue weighted by atomic mass is 16.3. The molecule has 0 amide bonds. The molecule has 0 aliphatic heterocycles. The Kier molecular flexibility index (Phi) is 2.03. The zero-order valence-corrected chi connectivity index (χ0v) is 9.48. The molecule has 2 aliphatic carbocycles. The van der Waals surface area contributed by atoms with E-state index < -0.39 is 0 Å². The Balaban J connectivity index is 2.04. The molecule has 2 aliphatic rings. The maximum absolute atomic E-state index is 10.1. The lowest BCUT2D eigenvalue weighted by molar-refractivity contribution is 0.357. The molecule has 86 valence electrons. The van der Waals surface area contributed by atoms with Gasteiger partial charge in [0.25, 0.3) is 0 Å². The first-order valence-electron chi connectivity index (χ1n) is 6.06. The van der Waals surface area contributed by atoms with Crippen molar-refractivity contribution in [3.05, 3.63) is 23.3 Å². The van der Waals surface area contributed by atoms with E-state index in [1.54, 1.807) is 4.57 Å². The van der Waals surface area contributed by atoms with E-state index in [2.05, 4.69) is 19.1 Å². The van der Waals surface area contributed by atoms with Crippen molar-refractivity contribution in [2.75, 3.05) is 0 Å². The lowest BCUT2D eigenvalue weighted by Gasteiger charge is -2.08. The Morgan fingerprint density at radius 2 is 1.75 bits per heavy atom. The van der Waals surface area contributed by atoms with Crippen molar-refractivity contribution in [3.8, 4) is 11.8 Å². The molecule has 0 saturated heterocycles. The summed E-state index contributed by atoms with van der Waals surface area (Å²) in [6.07, 6.45) is 7.37. The van der Waals surface area contributed by atoms with E-state index in [-0.39, 0.29) is 11.8 Å². The van der Waals surface area contributed by atoms with Gasteiger partial charge < -0.3 is 10.2 Å². The monoisotopic (exact) mass is 219 g/mol. The lowest BCUT2D eigenvalue weighted by Crippen LogP contribution is -1.98. The first kappa shape index (κ1) is 9.82. The quantitative estimate of drug-likeness (QED) is 0.768. The van der Waals surface area contributed by atoms with Crippen LogP contribution in [-0.2, 0) is 6.54 Å². The molecule has 0 aromatic carbocycles. The van der Waals surface area contributed by atoms with Gasteiger partial charge in [-0.1, -0.05) is 25.5 Å². The maximum Gasteiger partial charge on any atom is 0.198 e. The Hall–Kier alpha value is -1.38. The van der Waals surface area contributed by atoms with Crippen LogP contribution >= 0.6 is 0 Å². The van der Waals surface area contributed by atoms with Crippen molar-refractivity contribution in [1.82, 2.24) is 4.57 Å². The zero-order chi connectivity index (χ0) is 11.3. The van der Waals surface area contributed by atoms with Gasteiger partial charge in [0.15, 0.2) is 11.8 Å². The van der Waals surface area contributed by atoms with Gasteiger partial charge in [0.1, 0.15) is 0 Å². The highest BCUT2D eigenvalue weighted by molar-refractivity contribution is 5.58. The van der Waals surface area contributed by atoms with E-state index >= 15 is 0 Å². The van der Waals surface area contributed by atoms with Crippen molar-refractivity contribution >= 4 is 0 Å². The van der Waals surface area contributed by atoms with Crippen molar-refractivity contribution < 1.29 is 10.2 Å². The summed E-state index contributed by atoms with van der Waals surface area (Å²) in [5.41, 5.74) is 1.95. The summed E-state index contributed by atoms with van der Waals surface area (Å²) in [5, 5.41) is 20.3. The second-order valence-electron chi connectivity index (χ2n) is 4.81. The van der Waals surface area contributed by atoms with Gasteiger partial charge in [-0.25, -0.2) is 0 Å². The summed E-state index contributed by atoms with van der Waals surface area (Å²) in [6, 6.07) is 0. The number of hydrogen-bond acceptors (Lipinski definition) is 2. The summed E-state index contributed by atoms with van der Waals surface area (Å²) in [7, 11) is 0. The minimum absolute atomic E-state index is 0.290. The van der Waals surface area contributed by atoms with E-state index in [1.165, 1.54) is 0 Å². The third kappa shape index (κ3) is 1.09. The Morgan fingerprint density at radius 3 is 2.25 bits per heavy atom. The van der Waals surface area contributed by atoms with Gasteiger partial charge in [0.2, 0.25) is 0 Å². The number of nitrogens with zero attached hydrogens (tertiary/aromatic N) is 1. The lowest BCUT2D eigenvalue weighted by atomic mass is 10.0. The molecular weight excluding hydrogens is 202 g/mol. The molecule has 0 fully saturated rings. The zero-order valence-electron chi connectivity index (χ0n) is 9.48. The molecule has 3 heteroatoms. The van der Waals surface area contributed by atoms with Crippen LogP contribution in [0.5, 0.6) is 11.8 Å². The van der Waals surface area contributed by atoms with Crippen molar-refractivity contribution in [3.63, 3.8) is 0 Å². The van der Waals surface area contributed by atoms with Crippen molar-refractivity contribution in [2.45, 2.75) is 44.6 Å². The highest BCUT2D eigenvalue weighted by Crippen LogP contribution is 2.56. The van der Waals surface area contributed by atoms with Gasteiger partial charge in [0, 0.05) is 29.5 Å². The van der Waals surface area contributed by atoms with E-state index in [4.69, 9.17) is 0 Å². The molecule has 2 N–H and O–H groups in total. The fourth-order valence-corrected chi connectivity index (χ4v) is 3.02. The molecule has 16 heavy (non-hydrogen) atoms. The molecule has 3 rings (SSSR count). The number of allylic oxidation sites excluding steroid dienone is 2. The van der Waals surface area contributed by atoms with Gasteiger partial charge in [-0.15, -0.1) is 0 Å². The molecule has 1 heterocycles. The fourth-order valence-electron chi connectivity index (χ4n) is 3.02. The molecule has 0 radical (unpaired) electrons. The smallest absolute Gasteiger partial charge is 0.198 e. The summed E-state index contributed by atoms with van der Waals surface area (Å²) in [5.74, 6) is 1.23. The Morgan fingerprint density at radius 1 is 1.19 bits per heavy atom. The molecule has 2 atom stereocenters. The Bertz CT molecular complexity index is 423. The summed E-state index contributed by atoms with van der Waals surface area (Å²) >= 11 is 0. The SMILES string of the molecule is CCCCn1c(O)c2c(c1O)C1C=CC2C1. The molecule has 0 spiro atoms. The molecule has 1 aromatic rings. The largest absolute Gasteiger partial charge is 0.494 e. The van der Waals surface area contributed by atoms with Crippen LogP contribution in [-0.4, -0.2) is 14.8 Å². The standard InChI is InChI=1S/C13H17NO2/c1-2-3-6-14-12(15)10-8-4-5-9(7-8)11(10)13(14)16/h4-5,8-9,15-16H,2-3,6-7H2,1H3. The minimum atomic E-state index is 0.290. The van der Waals surface area contributed by atoms with Crippen LogP contribution in [0.15, 0.2) is 12.2 Å². The van der Waals surface area contributed by atoms with Gasteiger partial charge >= 0.3 is 0 Å². The second kappa shape index (κ2) is 3.30. The highest BCUT2D eigenvalue weighted by Gasteiger charge is 2.40. The van der Waals surface area contributed by atoms with Crippen molar-refractivity contribution in [2.24, 2.45) is 0 Å². The molecule has 0 saturated carbocycles. The average Bonchev–Trinajstić information content (AvgIpc) is 2.92. The number of hydrogen-bond donors (Lipinski definition) is 2. The number of rotatable bonds is 3. The fraction of sp³-hybridized carbons (Fsp3) is 0.538. The number of unbranched alkanes of at least 4 members (excludes halogenated alkanes) is 1. The first-order valence-corrected chi connectivity index (χ1v) is 6.06. The van der Waals surface area contributed by atoms with E-state index in [1.807, 2.05) is 0 Å². The van der Waals surface area contributed by atoms with Gasteiger partial charge in [-0.05, 0) is 12.8 Å². The number of aromatic nitrogens is 1. The number of fused-ring (bicyclic) bond motifs is 5. The van der Waals surface area contributed by atoms with E-state index in [0.29, 0.717) is 18.4 Å². The molecule has 2 unspecified atom stereocenters. The first-order chi connectivity index (χ1) is 7.74. The van der Waals surface area contributed by atoms with E-state index in [9.17, 15) is 10.2 Å². The van der Waals surface area contributed by atoms with Gasteiger partial charge in [-0.3, -0.25) is 4.57 Å². The second-order valence-corrected chi connectivity index (χ2v) is 4.81. The molecular formula is C13H17NO2. The summed E-state index contributed by atoms with van der Waals surface area (Å²) in [6.45, 7) is 2.82. The van der Waals surface area contributed by atoms with Crippen LogP contribution in [0.1, 0.15) is 49.1 Å². The Labute approximate surface area is 95.0 Å². The average molecular weight is 219 g/mol. The van der Waals surface area contributed by atoms with Crippen LogP contribution in [0.4, 0.5) is 0 Å². The van der Waals surface area contributed by atoms with Crippen LogP contribution < -0.4 is 0 Å². The normalized spacial score (nSPS) is 25.3. The molecule has 1 aromatic heterocycles. The molecule has 2 bridgehead atoms. The summed E-state index contributed by atoms with van der Waals surface area (Å²) < 4.78 is 1.67. The predicted molar refractivity (Wildman–Crippen MR) is 61.9 cm³/mol. The van der Waals surface area contributed by atoms with Gasteiger partial charge in [-0.2, -0.15) is 0 Å². The van der Waals surface area contributed by atoms with Gasteiger partial charge in [0.05, 0.1) is 0 Å². The van der Waals surface area contributed by atoms with Crippen molar-refractivity contribution in [1.29, 1.82) is 0 Å². The maximum atomic E-state index is 10.1. The minimum Gasteiger partial charge on any atom is -0.494 e. The third-order valence-corrected chi connectivity index (χ3v) is 3.84. The predicted octanol–water partition coefficient (Wildman–Crippen LogP) is 2.84. The topological polar surface area (TPSA) is 45.4 Å². The van der Waals surface area contributed by atoms with Crippen LogP contribution in [0.2, 0.25) is 0 Å². The molecule has 3 nitrogen and oxygen atoms in total. The van der Waals surface area contributed by atoms with Crippen LogP contribution in [0, 0.1) is 0 Å². The van der Waals surface area contributed by atoms with E-state index in [0.717, 1.165) is 30.4 Å².